The quantitative estimate of drug-likeness (QED) is 0.102. The lowest BCUT2D eigenvalue weighted by Gasteiger charge is -2.15. The van der Waals surface area contributed by atoms with Crippen molar-refractivity contribution in [3.8, 4) is 28.7 Å². The molecule has 0 spiro atoms. The van der Waals surface area contributed by atoms with Gasteiger partial charge in [0.15, 0.2) is 23.0 Å². The summed E-state index contributed by atoms with van der Waals surface area (Å²) < 4.78 is 32.0. The first-order chi connectivity index (χ1) is 20.9. The molecule has 0 aliphatic heterocycles. The molecule has 4 aromatic rings. The number of benzene rings is 3. The topological polar surface area (TPSA) is 147 Å². The number of carbonyl (C=O) groups is 3. The zero-order chi connectivity index (χ0) is 30.8. The molecule has 2 amide bonds. The lowest BCUT2D eigenvalue weighted by Crippen LogP contribution is -2.21. The molecule has 0 atom stereocenters. The zero-order valence-electron chi connectivity index (χ0n) is 23.8. The summed E-state index contributed by atoms with van der Waals surface area (Å²) in [6, 6.07) is 17.3. The lowest BCUT2D eigenvalue weighted by molar-refractivity contribution is 0.0694. The number of ether oxygens (including phenoxy) is 5. The summed E-state index contributed by atoms with van der Waals surface area (Å²) in [5.41, 5.74) is 3.68. The first kappa shape index (κ1) is 30.2. The number of nitrogens with one attached hydrogen (secondary N) is 2. The van der Waals surface area contributed by atoms with E-state index in [-0.39, 0.29) is 28.3 Å². The van der Waals surface area contributed by atoms with Crippen LogP contribution < -0.4 is 34.4 Å². The molecule has 4 rings (SSSR count). The van der Waals surface area contributed by atoms with Gasteiger partial charge in [-0.15, -0.1) is 0 Å². The molecule has 1 heterocycles. The Morgan fingerprint density at radius 1 is 0.837 bits per heavy atom. The molecule has 12 heteroatoms. The Balaban J connectivity index is 1.46. The van der Waals surface area contributed by atoms with Crippen LogP contribution in [0.1, 0.15) is 43.8 Å². The predicted molar refractivity (Wildman–Crippen MR) is 157 cm³/mol. The van der Waals surface area contributed by atoms with Gasteiger partial charge in [0.2, 0.25) is 11.5 Å². The highest BCUT2D eigenvalue weighted by Crippen LogP contribution is 2.38. The van der Waals surface area contributed by atoms with Crippen molar-refractivity contribution < 1.29 is 42.5 Å². The van der Waals surface area contributed by atoms with Crippen molar-refractivity contribution in [3.63, 3.8) is 0 Å². The van der Waals surface area contributed by atoms with Crippen molar-refractivity contribution in [3.05, 3.63) is 95.4 Å². The van der Waals surface area contributed by atoms with Crippen molar-refractivity contribution in [2.24, 2.45) is 5.10 Å². The summed E-state index contributed by atoms with van der Waals surface area (Å²) >= 11 is 0. The van der Waals surface area contributed by atoms with E-state index < -0.39 is 17.8 Å². The lowest BCUT2D eigenvalue weighted by atomic mass is 10.1. The van der Waals surface area contributed by atoms with Crippen molar-refractivity contribution in [1.82, 2.24) is 5.43 Å². The van der Waals surface area contributed by atoms with Crippen LogP contribution >= 0.6 is 0 Å². The minimum absolute atomic E-state index is 0.0516. The van der Waals surface area contributed by atoms with Crippen molar-refractivity contribution in [2.45, 2.75) is 6.92 Å². The summed E-state index contributed by atoms with van der Waals surface area (Å²) in [5.74, 6) is -0.222. The van der Waals surface area contributed by atoms with Crippen LogP contribution in [0.2, 0.25) is 0 Å². The summed E-state index contributed by atoms with van der Waals surface area (Å²) in [6.45, 7) is 2.11. The summed E-state index contributed by atoms with van der Waals surface area (Å²) in [5, 5.41) is 6.77. The van der Waals surface area contributed by atoms with Crippen LogP contribution in [0.5, 0.6) is 28.7 Å². The average Bonchev–Trinajstić information content (AvgIpc) is 3.57. The van der Waals surface area contributed by atoms with Crippen molar-refractivity contribution in [2.75, 3.05) is 33.3 Å². The number of hydrogen-bond donors (Lipinski definition) is 2. The third-order valence-electron chi connectivity index (χ3n) is 5.92. The number of hydrazone groups is 1. The first-order valence-corrected chi connectivity index (χ1v) is 12.9. The van der Waals surface area contributed by atoms with E-state index >= 15 is 0 Å². The third kappa shape index (κ3) is 7.30. The number of esters is 1. The van der Waals surface area contributed by atoms with Crippen LogP contribution in [-0.4, -0.2) is 51.9 Å². The van der Waals surface area contributed by atoms with E-state index in [4.69, 9.17) is 28.1 Å². The molecule has 0 aliphatic rings. The van der Waals surface area contributed by atoms with Gasteiger partial charge in [-0.1, -0.05) is 12.1 Å². The monoisotopic (exact) mass is 587 g/mol. The van der Waals surface area contributed by atoms with E-state index in [2.05, 4.69) is 15.8 Å². The zero-order valence-corrected chi connectivity index (χ0v) is 23.8. The molecule has 3 aromatic carbocycles. The van der Waals surface area contributed by atoms with Gasteiger partial charge in [0.05, 0.1) is 51.7 Å². The van der Waals surface area contributed by atoms with Crippen molar-refractivity contribution in [1.29, 1.82) is 0 Å². The maximum atomic E-state index is 13.1. The van der Waals surface area contributed by atoms with E-state index in [1.807, 2.05) is 0 Å². The summed E-state index contributed by atoms with van der Waals surface area (Å²) in [4.78, 5) is 38.4. The van der Waals surface area contributed by atoms with Crippen LogP contribution in [0.3, 0.4) is 0 Å². The smallest absolute Gasteiger partial charge is 0.379 e. The molecule has 0 aliphatic carbocycles. The number of para-hydroxylation sites is 1. The van der Waals surface area contributed by atoms with Crippen molar-refractivity contribution >= 4 is 29.7 Å². The van der Waals surface area contributed by atoms with Crippen LogP contribution in [0, 0.1) is 0 Å². The Labute approximate surface area is 247 Å². The normalized spacial score (nSPS) is 10.6. The van der Waals surface area contributed by atoms with Gasteiger partial charge >= 0.3 is 5.97 Å². The molecule has 0 saturated carbocycles. The third-order valence-corrected chi connectivity index (χ3v) is 5.92. The van der Waals surface area contributed by atoms with E-state index in [1.54, 1.807) is 55.5 Å². The maximum Gasteiger partial charge on any atom is 0.379 e. The number of nitrogens with zero attached hydrogens (tertiary/aromatic N) is 1. The second kappa shape index (κ2) is 14.2. The minimum atomic E-state index is -0.671. The van der Waals surface area contributed by atoms with Gasteiger partial charge in [0, 0.05) is 5.56 Å². The first-order valence-electron chi connectivity index (χ1n) is 12.9. The molecular formula is C31H29N3O9. The molecule has 0 radical (unpaired) electrons. The van der Waals surface area contributed by atoms with Gasteiger partial charge in [-0.25, -0.2) is 10.2 Å². The van der Waals surface area contributed by atoms with E-state index in [1.165, 1.54) is 52.0 Å². The highest BCUT2D eigenvalue weighted by atomic mass is 16.6. The molecule has 0 saturated heterocycles. The van der Waals surface area contributed by atoms with Crippen LogP contribution in [0.4, 0.5) is 5.69 Å². The highest BCUT2D eigenvalue weighted by molar-refractivity contribution is 6.09. The molecule has 12 nitrogen and oxygen atoms in total. The number of rotatable bonds is 12. The molecule has 1 aromatic heterocycles. The molecule has 0 fully saturated rings. The number of carbonyl (C=O) groups excluding carboxylic acids is 3. The fraction of sp³-hybridized carbons (Fsp3) is 0.161. The number of methoxy groups -OCH3 is 3. The van der Waals surface area contributed by atoms with Gasteiger partial charge in [-0.2, -0.15) is 5.10 Å². The Bertz CT molecular complexity index is 1610. The summed E-state index contributed by atoms with van der Waals surface area (Å²) in [6.07, 6.45) is 2.77. The molecule has 2 N–H and O–H groups in total. The van der Waals surface area contributed by atoms with Crippen LogP contribution in [0.25, 0.3) is 0 Å². The predicted octanol–water partition coefficient (Wildman–Crippen LogP) is 4.94. The van der Waals surface area contributed by atoms with Gasteiger partial charge < -0.3 is 33.4 Å². The standard InChI is InChI=1S/C31H29N3O9/c1-5-41-25-15-19(12-13-23(25)43-31(37)24-11-8-14-42-24)18-32-34-30(36)21-9-6-7-10-22(21)33-29(35)20-16-26(38-2)28(40-4)27(17-20)39-3/h6-18H,5H2,1-4H3,(H,33,35)(H,34,36)/b32-18-. The van der Waals surface area contributed by atoms with Crippen LogP contribution in [0.15, 0.2) is 82.5 Å². The number of furan rings is 1. The van der Waals surface area contributed by atoms with Gasteiger partial charge in [0.25, 0.3) is 11.8 Å². The Morgan fingerprint density at radius 3 is 2.23 bits per heavy atom. The van der Waals surface area contributed by atoms with E-state index in [0.717, 1.165) is 0 Å². The van der Waals surface area contributed by atoms with Gasteiger partial charge in [-0.3, -0.25) is 9.59 Å². The van der Waals surface area contributed by atoms with Gasteiger partial charge in [0.1, 0.15) is 0 Å². The highest BCUT2D eigenvalue weighted by Gasteiger charge is 2.19. The van der Waals surface area contributed by atoms with E-state index in [0.29, 0.717) is 35.2 Å². The number of anilines is 1. The molecule has 0 unspecified atom stereocenters. The Kier molecular flexibility index (Phi) is 9.98. The minimum Gasteiger partial charge on any atom is -0.493 e. The molecule has 222 valence electrons. The fourth-order valence-corrected chi connectivity index (χ4v) is 3.92. The molecule has 0 bridgehead atoms. The Morgan fingerprint density at radius 2 is 1.58 bits per heavy atom. The SMILES string of the molecule is CCOc1cc(/C=N\NC(=O)c2ccccc2NC(=O)c2cc(OC)c(OC)c(OC)c2)ccc1OC(=O)c1ccco1. The fourth-order valence-electron chi connectivity index (χ4n) is 3.92. The second-order valence-electron chi connectivity index (χ2n) is 8.62. The number of amides is 2. The van der Waals surface area contributed by atoms with E-state index in [9.17, 15) is 14.4 Å². The summed E-state index contributed by atoms with van der Waals surface area (Å²) in [7, 11) is 4.36. The van der Waals surface area contributed by atoms with Crippen LogP contribution in [-0.2, 0) is 0 Å². The van der Waals surface area contributed by atoms with Gasteiger partial charge in [-0.05, 0) is 67.1 Å². The second-order valence-corrected chi connectivity index (χ2v) is 8.62. The average molecular weight is 588 g/mol. The Hall–Kier alpha value is -5.78. The molecule has 43 heavy (non-hydrogen) atoms. The largest absolute Gasteiger partial charge is 0.493 e. The maximum absolute atomic E-state index is 13.1. The molecular weight excluding hydrogens is 558 g/mol. The number of hydrogen-bond acceptors (Lipinski definition) is 10.